The van der Waals surface area contributed by atoms with Crippen LogP contribution in [0.15, 0.2) is 30.3 Å². The number of benzene rings is 1. The molecule has 1 aliphatic heterocycles. The van der Waals surface area contributed by atoms with Crippen molar-refractivity contribution in [2.24, 2.45) is 0 Å². The Bertz CT molecular complexity index is 389. The summed E-state index contributed by atoms with van der Waals surface area (Å²) in [7, 11) is 0. The molecule has 20 heavy (non-hydrogen) atoms. The molecule has 0 aromatic heterocycles. The van der Waals surface area contributed by atoms with Crippen LogP contribution in [0, 0.1) is 0 Å². The van der Waals surface area contributed by atoms with Gasteiger partial charge in [-0.1, -0.05) is 44.2 Å². The third kappa shape index (κ3) is 3.21. The van der Waals surface area contributed by atoms with Crippen LogP contribution in [-0.4, -0.2) is 36.7 Å². The Morgan fingerprint density at radius 1 is 1.25 bits per heavy atom. The third-order valence-corrected chi connectivity index (χ3v) is 4.83. The molecule has 0 spiro atoms. The Morgan fingerprint density at radius 2 is 1.95 bits per heavy atom. The number of alkyl halides is 1. The normalized spacial score (nSPS) is 22.9. The molecular weight excluding hydrogens is 251 g/mol. The molecule has 0 aliphatic carbocycles. The summed E-state index contributed by atoms with van der Waals surface area (Å²) in [5.74, 6) is 0. The Hall–Kier alpha value is -0.930. The number of nitrogens with zero attached hydrogens (tertiary/aromatic N) is 1. The minimum Gasteiger partial charge on any atom is -0.307 e. The highest BCUT2D eigenvalue weighted by atomic mass is 19.1. The Balaban J connectivity index is 2.12. The van der Waals surface area contributed by atoms with Crippen LogP contribution < -0.4 is 5.32 Å². The average Bonchev–Trinajstić information content (AvgIpc) is 2.53. The molecule has 1 heterocycles. The average molecular weight is 278 g/mol. The SMILES string of the molecule is CCC1(CC)CNC(c2ccccc2)CN1CCCF. The van der Waals surface area contributed by atoms with Crippen molar-refractivity contribution in [3.63, 3.8) is 0 Å². The number of hydrogen-bond acceptors (Lipinski definition) is 2. The molecule has 112 valence electrons. The first-order valence-electron chi connectivity index (χ1n) is 7.85. The number of piperazine rings is 1. The van der Waals surface area contributed by atoms with E-state index in [0.717, 1.165) is 32.5 Å². The van der Waals surface area contributed by atoms with Crippen molar-refractivity contribution >= 4 is 0 Å². The van der Waals surface area contributed by atoms with Gasteiger partial charge in [0.05, 0.1) is 6.67 Å². The molecule has 1 aromatic rings. The first-order valence-corrected chi connectivity index (χ1v) is 7.85. The van der Waals surface area contributed by atoms with E-state index >= 15 is 0 Å². The molecule has 0 radical (unpaired) electrons. The summed E-state index contributed by atoms with van der Waals surface area (Å²) < 4.78 is 12.6. The Kier molecular flexibility index (Phi) is 5.55. The van der Waals surface area contributed by atoms with E-state index in [1.54, 1.807) is 0 Å². The van der Waals surface area contributed by atoms with E-state index in [1.165, 1.54) is 5.56 Å². The highest BCUT2D eigenvalue weighted by molar-refractivity contribution is 5.20. The van der Waals surface area contributed by atoms with Crippen LogP contribution >= 0.6 is 0 Å². The van der Waals surface area contributed by atoms with Gasteiger partial charge in [-0.25, -0.2) is 0 Å². The molecule has 1 atom stereocenters. The van der Waals surface area contributed by atoms with Gasteiger partial charge in [-0.3, -0.25) is 9.29 Å². The van der Waals surface area contributed by atoms with Crippen molar-refractivity contribution in [3.8, 4) is 0 Å². The Morgan fingerprint density at radius 3 is 2.55 bits per heavy atom. The summed E-state index contributed by atoms with van der Waals surface area (Å²) in [5, 5.41) is 3.70. The molecule has 1 N–H and O–H groups in total. The van der Waals surface area contributed by atoms with Gasteiger partial charge in [0, 0.05) is 31.2 Å². The van der Waals surface area contributed by atoms with Gasteiger partial charge >= 0.3 is 0 Å². The second-order valence-corrected chi connectivity index (χ2v) is 5.76. The second kappa shape index (κ2) is 7.19. The maximum absolute atomic E-state index is 12.6. The van der Waals surface area contributed by atoms with Crippen molar-refractivity contribution in [3.05, 3.63) is 35.9 Å². The van der Waals surface area contributed by atoms with Crippen LogP contribution in [0.3, 0.4) is 0 Å². The van der Waals surface area contributed by atoms with Crippen LogP contribution in [0.4, 0.5) is 4.39 Å². The van der Waals surface area contributed by atoms with E-state index in [2.05, 4.69) is 54.4 Å². The van der Waals surface area contributed by atoms with Gasteiger partial charge in [-0.05, 0) is 24.8 Å². The highest BCUT2D eigenvalue weighted by Gasteiger charge is 2.38. The molecule has 1 aromatic carbocycles. The van der Waals surface area contributed by atoms with Crippen LogP contribution in [-0.2, 0) is 0 Å². The quantitative estimate of drug-likeness (QED) is 0.856. The number of nitrogens with one attached hydrogen (secondary N) is 1. The predicted octanol–water partition coefficient (Wildman–Crippen LogP) is 3.55. The molecule has 0 bridgehead atoms. The first kappa shape index (κ1) is 15.5. The highest BCUT2D eigenvalue weighted by Crippen LogP contribution is 2.31. The monoisotopic (exact) mass is 278 g/mol. The molecule has 3 heteroatoms. The number of hydrogen-bond donors (Lipinski definition) is 1. The maximum Gasteiger partial charge on any atom is 0.0906 e. The fraction of sp³-hybridized carbons (Fsp3) is 0.647. The molecule has 1 unspecified atom stereocenters. The minimum atomic E-state index is -0.219. The lowest BCUT2D eigenvalue weighted by molar-refractivity contribution is 0.0289. The number of rotatable bonds is 6. The molecule has 1 saturated heterocycles. The smallest absolute Gasteiger partial charge is 0.0906 e. The van der Waals surface area contributed by atoms with Gasteiger partial charge in [0.2, 0.25) is 0 Å². The summed E-state index contributed by atoms with van der Waals surface area (Å²) in [5.41, 5.74) is 1.53. The summed E-state index contributed by atoms with van der Waals surface area (Å²) >= 11 is 0. The van der Waals surface area contributed by atoms with Gasteiger partial charge < -0.3 is 5.32 Å². The zero-order valence-electron chi connectivity index (χ0n) is 12.7. The van der Waals surface area contributed by atoms with Crippen LogP contribution in [0.25, 0.3) is 0 Å². The third-order valence-electron chi connectivity index (χ3n) is 4.83. The molecule has 1 aliphatic rings. The molecule has 1 fully saturated rings. The zero-order chi connectivity index (χ0) is 14.4. The van der Waals surface area contributed by atoms with E-state index in [1.807, 2.05) is 0 Å². The topological polar surface area (TPSA) is 15.3 Å². The molecule has 2 rings (SSSR count). The fourth-order valence-corrected chi connectivity index (χ4v) is 3.34. The van der Waals surface area contributed by atoms with Crippen molar-refractivity contribution in [1.82, 2.24) is 10.2 Å². The molecule has 0 saturated carbocycles. The first-order chi connectivity index (χ1) is 9.75. The molecule has 2 nitrogen and oxygen atoms in total. The van der Waals surface area contributed by atoms with Crippen LogP contribution in [0.1, 0.15) is 44.7 Å². The van der Waals surface area contributed by atoms with E-state index in [0.29, 0.717) is 12.5 Å². The van der Waals surface area contributed by atoms with Gasteiger partial charge in [-0.2, -0.15) is 0 Å². The van der Waals surface area contributed by atoms with Crippen molar-refractivity contribution < 1.29 is 4.39 Å². The van der Waals surface area contributed by atoms with E-state index in [-0.39, 0.29) is 12.2 Å². The van der Waals surface area contributed by atoms with Gasteiger partial charge in [0.25, 0.3) is 0 Å². The number of halogens is 1. The summed E-state index contributed by atoms with van der Waals surface area (Å²) in [6.07, 6.45) is 2.87. The summed E-state index contributed by atoms with van der Waals surface area (Å²) in [6.45, 7) is 7.11. The second-order valence-electron chi connectivity index (χ2n) is 5.76. The zero-order valence-corrected chi connectivity index (χ0v) is 12.7. The maximum atomic E-state index is 12.6. The van der Waals surface area contributed by atoms with Crippen molar-refractivity contribution in [2.75, 3.05) is 26.3 Å². The van der Waals surface area contributed by atoms with Crippen molar-refractivity contribution in [1.29, 1.82) is 0 Å². The van der Waals surface area contributed by atoms with E-state index in [4.69, 9.17) is 0 Å². The van der Waals surface area contributed by atoms with Gasteiger partial charge in [0.1, 0.15) is 0 Å². The van der Waals surface area contributed by atoms with Gasteiger partial charge in [0.15, 0.2) is 0 Å². The summed E-state index contributed by atoms with van der Waals surface area (Å²) in [4.78, 5) is 2.51. The lowest BCUT2D eigenvalue weighted by atomic mass is 9.86. The predicted molar refractivity (Wildman–Crippen MR) is 82.7 cm³/mol. The van der Waals surface area contributed by atoms with Crippen molar-refractivity contribution in [2.45, 2.75) is 44.7 Å². The fourth-order valence-electron chi connectivity index (χ4n) is 3.34. The van der Waals surface area contributed by atoms with E-state index < -0.39 is 0 Å². The molecule has 0 amide bonds. The van der Waals surface area contributed by atoms with Crippen LogP contribution in [0.5, 0.6) is 0 Å². The lowest BCUT2D eigenvalue weighted by Crippen LogP contribution is -2.61. The summed E-state index contributed by atoms with van der Waals surface area (Å²) in [6, 6.07) is 10.9. The van der Waals surface area contributed by atoms with Gasteiger partial charge in [-0.15, -0.1) is 0 Å². The van der Waals surface area contributed by atoms with Crippen LogP contribution in [0.2, 0.25) is 0 Å². The minimum absolute atomic E-state index is 0.195. The van der Waals surface area contributed by atoms with E-state index in [9.17, 15) is 4.39 Å². The Labute approximate surface area is 122 Å². The largest absolute Gasteiger partial charge is 0.307 e. The standard InChI is InChI=1S/C17H27FN2/c1-3-17(4-2)14-19-16(13-20(17)12-8-11-18)15-9-6-5-7-10-15/h5-7,9-10,16,19H,3-4,8,11-14H2,1-2H3. The lowest BCUT2D eigenvalue weighted by Gasteiger charge is -2.50. The molecular formula is C17H27FN2.